The molecular formula is C15H22ClN3O3. The van der Waals surface area contributed by atoms with Crippen LogP contribution in [-0.4, -0.2) is 44.7 Å². The molecule has 0 spiro atoms. The van der Waals surface area contributed by atoms with Crippen LogP contribution in [0.3, 0.4) is 0 Å². The van der Waals surface area contributed by atoms with Crippen molar-refractivity contribution in [2.24, 2.45) is 0 Å². The van der Waals surface area contributed by atoms with Crippen molar-refractivity contribution in [3.8, 4) is 0 Å². The summed E-state index contributed by atoms with van der Waals surface area (Å²) in [5.41, 5.74) is 1.56. The molecule has 1 aromatic rings. The van der Waals surface area contributed by atoms with Gasteiger partial charge in [0.25, 0.3) is 5.91 Å². The van der Waals surface area contributed by atoms with Crippen LogP contribution in [0.4, 0.5) is 0 Å². The molecule has 0 aliphatic carbocycles. The van der Waals surface area contributed by atoms with Gasteiger partial charge in [0.1, 0.15) is 0 Å². The van der Waals surface area contributed by atoms with Crippen molar-refractivity contribution < 1.29 is 14.3 Å². The number of morpholine rings is 1. The second-order valence-electron chi connectivity index (χ2n) is 4.95. The highest BCUT2D eigenvalue weighted by Gasteiger charge is 2.16. The summed E-state index contributed by atoms with van der Waals surface area (Å²) in [6.45, 7) is 2.66. The van der Waals surface area contributed by atoms with Gasteiger partial charge < -0.3 is 20.7 Å². The van der Waals surface area contributed by atoms with Crippen LogP contribution in [0.15, 0.2) is 24.3 Å². The molecular weight excluding hydrogens is 306 g/mol. The van der Waals surface area contributed by atoms with Crippen LogP contribution in [-0.2, 0) is 16.1 Å². The van der Waals surface area contributed by atoms with E-state index in [2.05, 4.69) is 16.0 Å². The Balaban J connectivity index is 0.00000242. The Kier molecular flexibility index (Phi) is 7.87. The molecule has 6 nitrogen and oxygen atoms in total. The molecule has 1 aromatic carbocycles. The monoisotopic (exact) mass is 327 g/mol. The lowest BCUT2D eigenvalue weighted by Gasteiger charge is -2.23. The maximum Gasteiger partial charge on any atom is 0.251 e. The number of amides is 2. The number of hydrogen-bond acceptors (Lipinski definition) is 4. The fraction of sp³-hybridized carbons (Fsp3) is 0.467. The highest BCUT2D eigenvalue weighted by Crippen LogP contribution is 2.05. The molecule has 1 saturated heterocycles. The van der Waals surface area contributed by atoms with E-state index in [-0.39, 0.29) is 30.3 Å². The summed E-state index contributed by atoms with van der Waals surface area (Å²) < 4.78 is 5.49. The summed E-state index contributed by atoms with van der Waals surface area (Å²) in [5, 5.41) is 8.62. The minimum atomic E-state index is -0.118. The first-order chi connectivity index (χ1) is 10.2. The third-order valence-electron chi connectivity index (χ3n) is 3.35. The van der Waals surface area contributed by atoms with Crippen LogP contribution < -0.4 is 16.0 Å². The Morgan fingerprint density at radius 3 is 2.64 bits per heavy atom. The molecule has 7 heteroatoms. The van der Waals surface area contributed by atoms with Gasteiger partial charge in [-0.25, -0.2) is 0 Å². The first-order valence-electron chi connectivity index (χ1n) is 7.09. The Labute approximate surface area is 136 Å². The highest BCUT2D eigenvalue weighted by molar-refractivity contribution is 5.93. The number of nitrogens with one attached hydrogen (secondary N) is 3. The largest absolute Gasteiger partial charge is 0.375 e. The van der Waals surface area contributed by atoms with E-state index < -0.39 is 0 Å². The van der Waals surface area contributed by atoms with Crippen molar-refractivity contribution in [3.63, 3.8) is 0 Å². The predicted molar refractivity (Wildman–Crippen MR) is 86.2 cm³/mol. The standard InChI is InChI=1S/C15H21N3O3.ClH/c1-16-15(20)12-4-2-11(3-5-12)9-18-14(19)8-13-10-17-6-7-21-13;/h2-5,13,17H,6-10H2,1H3,(H,16,20)(H,18,19);1H. The average Bonchev–Trinajstić information content (AvgIpc) is 2.53. The van der Waals surface area contributed by atoms with Gasteiger partial charge in [0, 0.05) is 32.2 Å². The zero-order valence-electron chi connectivity index (χ0n) is 12.6. The first kappa shape index (κ1) is 18.4. The quantitative estimate of drug-likeness (QED) is 0.734. The second-order valence-corrected chi connectivity index (χ2v) is 4.95. The molecule has 2 rings (SSSR count). The SMILES string of the molecule is CNC(=O)c1ccc(CNC(=O)CC2CNCCO2)cc1.Cl. The van der Waals surface area contributed by atoms with Crippen LogP contribution >= 0.6 is 12.4 Å². The Bertz CT molecular complexity index is 487. The molecule has 3 N–H and O–H groups in total. The maximum absolute atomic E-state index is 11.8. The van der Waals surface area contributed by atoms with Crippen molar-refractivity contribution in [2.45, 2.75) is 19.1 Å². The minimum absolute atomic E-state index is 0. The third kappa shape index (κ3) is 5.63. The van der Waals surface area contributed by atoms with Gasteiger partial charge in [-0.1, -0.05) is 12.1 Å². The third-order valence-corrected chi connectivity index (χ3v) is 3.35. The van der Waals surface area contributed by atoms with Gasteiger partial charge in [0.2, 0.25) is 5.91 Å². The van der Waals surface area contributed by atoms with Crippen molar-refractivity contribution in [2.75, 3.05) is 26.7 Å². The molecule has 122 valence electrons. The van der Waals surface area contributed by atoms with E-state index in [0.29, 0.717) is 31.7 Å². The van der Waals surface area contributed by atoms with Crippen molar-refractivity contribution in [1.29, 1.82) is 0 Å². The van der Waals surface area contributed by atoms with Gasteiger partial charge in [0.05, 0.1) is 19.1 Å². The van der Waals surface area contributed by atoms with E-state index in [0.717, 1.165) is 12.1 Å². The molecule has 0 saturated carbocycles. The van der Waals surface area contributed by atoms with E-state index in [9.17, 15) is 9.59 Å². The minimum Gasteiger partial charge on any atom is -0.375 e. The van der Waals surface area contributed by atoms with E-state index >= 15 is 0 Å². The molecule has 0 bridgehead atoms. The second kappa shape index (κ2) is 9.40. The van der Waals surface area contributed by atoms with Gasteiger partial charge in [0.15, 0.2) is 0 Å². The summed E-state index contributed by atoms with van der Waals surface area (Å²) in [5.74, 6) is -0.147. The molecule has 1 heterocycles. The number of carbonyl (C=O) groups excluding carboxylic acids is 2. The molecule has 1 aliphatic rings. The summed E-state index contributed by atoms with van der Waals surface area (Å²) in [7, 11) is 1.60. The van der Waals surface area contributed by atoms with Crippen molar-refractivity contribution >= 4 is 24.2 Å². The number of carbonyl (C=O) groups is 2. The predicted octanol–water partition coefficient (Wildman–Crippen LogP) is 0.463. The fourth-order valence-corrected chi connectivity index (χ4v) is 2.15. The molecule has 1 aliphatic heterocycles. The molecule has 0 aromatic heterocycles. The van der Waals surface area contributed by atoms with Gasteiger partial charge in [-0.2, -0.15) is 0 Å². The zero-order valence-corrected chi connectivity index (χ0v) is 13.4. The maximum atomic E-state index is 11.8. The average molecular weight is 328 g/mol. The number of benzene rings is 1. The van der Waals surface area contributed by atoms with Crippen LogP contribution in [0.2, 0.25) is 0 Å². The molecule has 1 fully saturated rings. The Morgan fingerprint density at radius 2 is 2.05 bits per heavy atom. The van der Waals surface area contributed by atoms with E-state index in [1.54, 1.807) is 19.2 Å². The van der Waals surface area contributed by atoms with Crippen LogP contribution in [0, 0.1) is 0 Å². The number of halogens is 1. The van der Waals surface area contributed by atoms with E-state index in [1.165, 1.54) is 0 Å². The molecule has 2 amide bonds. The smallest absolute Gasteiger partial charge is 0.251 e. The molecule has 1 unspecified atom stereocenters. The van der Waals surface area contributed by atoms with Crippen LogP contribution in [0.5, 0.6) is 0 Å². The lowest BCUT2D eigenvalue weighted by Crippen LogP contribution is -2.41. The van der Waals surface area contributed by atoms with Gasteiger partial charge in [-0.3, -0.25) is 9.59 Å². The molecule has 22 heavy (non-hydrogen) atoms. The number of ether oxygens (including phenoxy) is 1. The van der Waals surface area contributed by atoms with E-state index in [4.69, 9.17) is 4.74 Å². The summed E-state index contributed by atoms with van der Waals surface area (Å²) in [4.78, 5) is 23.2. The van der Waals surface area contributed by atoms with Crippen LogP contribution in [0.25, 0.3) is 0 Å². The fourth-order valence-electron chi connectivity index (χ4n) is 2.15. The number of hydrogen-bond donors (Lipinski definition) is 3. The van der Waals surface area contributed by atoms with Crippen molar-refractivity contribution in [1.82, 2.24) is 16.0 Å². The summed E-state index contributed by atoms with van der Waals surface area (Å²) >= 11 is 0. The van der Waals surface area contributed by atoms with Crippen molar-refractivity contribution in [3.05, 3.63) is 35.4 Å². The summed E-state index contributed by atoms with van der Waals surface area (Å²) in [6.07, 6.45) is 0.318. The van der Waals surface area contributed by atoms with Crippen LogP contribution in [0.1, 0.15) is 22.3 Å². The molecule has 0 radical (unpaired) electrons. The highest BCUT2D eigenvalue weighted by atomic mass is 35.5. The Morgan fingerprint density at radius 1 is 1.32 bits per heavy atom. The van der Waals surface area contributed by atoms with Gasteiger partial charge in [-0.05, 0) is 17.7 Å². The lowest BCUT2D eigenvalue weighted by molar-refractivity contribution is -0.124. The normalized spacial score (nSPS) is 17.2. The topological polar surface area (TPSA) is 79.5 Å². The lowest BCUT2D eigenvalue weighted by atomic mass is 10.1. The van der Waals surface area contributed by atoms with Gasteiger partial charge >= 0.3 is 0 Å². The van der Waals surface area contributed by atoms with E-state index in [1.807, 2.05) is 12.1 Å². The first-order valence-corrected chi connectivity index (χ1v) is 7.09. The summed E-state index contributed by atoms with van der Waals surface area (Å²) in [6, 6.07) is 7.16. The van der Waals surface area contributed by atoms with Gasteiger partial charge in [-0.15, -0.1) is 12.4 Å². The number of rotatable bonds is 5. The Hall–Kier alpha value is -1.63. The zero-order chi connectivity index (χ0) is 15.1. The molecule has 1 atom stereocenters.